The Balaban J connectivity index is 1.53. The van der Waals surface area contributed by atoms with E-state index in [0.29, 0.717) is 24.3 Å². The third kappa shape index (κ3) is 13.2. The summed E-state index contributed by atoms with van der Waals surface area (Å²) in [4.78, 5) is 27.5. The minimum Gasteiger partial charge on any atom is -0.425 e. The van der Waals surface area contributed by atoms with Crippen molar-refractivity contribution in [3.63, 3.8) is 0 Å². The van der Waals surface area contributed by atoms with E-state index in [4.69, 9.17) is 9.47 Å². The van der Waals surface area contributed by atoms with E-state index in [0.717, 1.165) is 118 Å². The molecule has 0 saturated carbocycles. The maximum Gasteiger partial charge on any atom is 0.311 e. The summed E-state index contributed by atoms with van der Waals surface area (Å²) in [6.07, 6.45) is 28.5. The first-order valence-electron chi connectivity index (χ1n) is 25.8. The second-order valence-electron chi connectivity index (χ2n) is 18.6. The zero-order valence-electron chi connectivity index (χ0n) is 40.1. The SMILES string of the molecule is CCCCCCCCC(=O)Oc1c2ccccc2c(-c2c3ccccc3c(OC(=O)CCCCCCCC)c3ccc(CCCCCCC)cc23)c2cc(CCCCCCC)ccc12. The molecule has 0 unspecified atom stereocenters. The summed E-state index contributed by atoms with van der Waals surface area (Å²) < 4.78 is 13.0. The minimum atomic E-state index is -0.165. The molecule has 0 fully saturated rings. The molecule has 4 nitrogen and oxygen atoms in total. The first-order valence-corrected chi connectivity index (χ1v) is 25.8. The Morgan fingerprint density at radius 2 is 0.656 bits per heavy atom. The van der Waals surface area contributed by atoms with Crippen LogP contribution in [0, 0.1) is 0 Å². The largest absolute Gasteiger partial charge is 0.425 e. The van der Waals surface area contributed by atoms with Gasteiger partial charge in [0.1, 0.15) is 11.5 Å². The summed E-state index contributed by atoms with van der Waals surface area (Å²) in [6, 6.07) is 30.7. The molecule has 0 aliphatic carbocycles. The van der Waals surface area contributed by atoms with Gasteiger partial charge in [-0.15, -0.1) is 0 Å². The van der Waals surface area contributed by atoms with Crippen molar-refractivity contribution in [2.45, 2.75) is 195 Å². The van der Waals surface area contributed by atoms with Gasteiger partial charge >= 0.3 is 11.9 Å². The van der Waals surface area contributed by atoms with Crippen LogP contribution in [0.5, 0.6) is 11.5 Å². The zero-order valence-corrected chi connectivity index (χ0v) is 40.1. The van der Waals surface area contributed by atoms with Crippen molar-refractivity contribution in [2.75, 3.05) is 0 Å². The quantitative estimate of drug-likeness (QED) is 0.0204. The predicted octanol–water partition coefficient (Wildman–Crippen LogP) is 18.3. The van der Waals surface area contributed by atoms with E-state index >= 15 is 0 Å². The first-order chi connectivity index (χ1) is 31.5. The highest BCUT2D eigenvalue weighted by atomic mass is 16.5. The zero-order chi connectivity index (χ0) is 44.9. The number of aryl methyl sites for hydroxylation is 2. The van der Waals surface area contributed by atoms with E-state index in [2.05, 4.69) is 113 Å². The van der Waals surface area contributed by atoms with Crippen LogP contribution in [0.1, 0.15) is 193 Å². The van der Waals surface area contributed by atoms with E-state index in [9.17, 15) is 9.59 Å². The Morgan fingerprint density at radius 3 is 1.03 bits per heavy atom. The minimum absolute atomic E-state index is 0.165. The van der Waals surface area contributed by atoms with Crippen LogP contribution in [-0.4, -0.2) is 11.9 Å². The molecule has 0 saturated heterocycles. The molecule has 0 N–H and O–H groups in total. The standard InChI is InChI=1S/C60H78O4/c1-5-9-13-17-21-25-37-55(61)63-59-49-35-29-27-33-47(49)57(53-43-45(39-41-51(53)59)31-23-19-15-11-7-3)58-48-34-28-30-36-50(48)60(64-56(62)38-26-22-18-14-10-6-2)52-42-40-46(44-54(52)58)32-24-20-16-12-8-4/h27-30,33-36,39-44H,5-26,31-32,37-38H2,1-4H3. The van der Waals surface area contributed by atoms with E-state index in [1.807, 2.05) is 0 Å². The number of fused-ring (bicyclic) bond motifs is 4. The van der Waals surface area contributed by atoms with Gasteiger partial charge in [-0.25, -0.2) is 0 Å². The molecule has 0 aliphatic rings. The lowest BCUT2D eigenvalue weighted by atomic mass is 9.84. The smallest absolute Gasteiger partial charge is 0.311 e. The molecule has 0 aromatic heterocycles. The topological polar surface area (TPSA) is 52.6 Å². The van der Waals surface area contributed by atoms with Crippen LogP contribution in [-0.2, 0) is 22.4 Å². The first kappa shape index (κ1) is 48.7. The van der Waals surface area contributed by atoms with Crippen LogP contribution in [0.25, 0.3) is 54.2 Å². The molecule has 6 aromatic rings. The number of unbranched alkanes of at least 4 members (excludes halogenated alkanes) is 18. The molecule has 64 heavy (non-hydrogen) atoms. The van der Waals surface area contributed by atoms with E-state index in [1.54, 1.807) is 0 Å². The van der Waals surface area contributed by atoms with Crippen molar-refractivity contribution in [3.8, 4) is 22.6 Å². The van der Waals surface area contributed by atoms with Gasteiger partial charge in [0, 0.05) is 34.4 Å². The summed E-state index contributed by atoms with van der Waals surface area (Å²) in [7, 11) is 0. The van der Waals surface area contributed by atoms with Gasteiger partial charge < -0.3 is 9.47 Å². The van der Waals surface area contributed by atoms with Gasteiger partial charge in [-0.3, -0.25) is 9.59 Å². The van der Waals surface area contributed by atoms with Crippen LogP contribution in [0.3, 0.4) is 0 Å². The fourth-order valence-corrected chi connectivity index (χ4v) is 9.74. The molecule has 6 aromatic carbocycles. The van der Waals surface area contributed by atoms with Crippen LogP contribution >= 0.6 is 0 Å². The summed E-state index contributed by atoms with van der Waals surface area (Å²) >= 11 is 0. The van der Waals surface area contributed by atoms with Gasteiger partial charge in [-0.05, 0) is 82.3 Å². The number of ether oxygens (including phenoxy) is 2. The number of benzene rings is 6. The summed E-state index contributed by atoms with van der Waals surface area (Å²) in [5.74, 6) is 0.977. The van der Waals surface area contributed by atoms with Gasteiger partial charge in [0.25, 0.3) is 0 Å². The Bertz CT molecular complexity index is 2240. The van der Waals surface area contributed by atoms with Gasteiger partial charge in [0.2, 0.25) is 0 Å². The number of hydrogen-bond acceptors (Lipinski definition) is 4. The van der Waals surface area contributed by atoms with Crippen LogP contribution in [0.15, 0.2) is 84.9 Å². The maximum atomic E-state index is 13.8. The summed E-state index contributed by atoms with van der Waals surface area (Å²) in [5, 5.41) is 8.09. The van der Waals surface area contributed by atoms with Gasteiger partial charge in [0.15, 0.2) is 0 Å². The third-order valence-corrected chi connectivity index (χ3v) is 13.4. The molecule has 0 aliphatic heterocycles. The highest BCUT2D eigenvalue weighted by Gasteiger charge is 2.25. The predicted molar refractivity (Wildman–Crippen MR) is 274 cm³/mol. The number of hydrogen-bond donors (Lipinski definition) is 0. The Hall–Kier alpha value is -4.70. The highest BCUT2D eigenvalue weighted by Crippen LogP contribution is 2.50. The second kappa shape index (κ2) is 26.3. The van der Waals surface area contributed by atoms with Crippen molar-refractivity contribution < 1.29 is 19.1 Å². The molecule has 4 heteroatoms. The lowest BCUT2D eigenvalue weighted by molar-refractivity contribution is -0.135. The fraction of sp³-hybridized carbons (Fsp3) is 0.500. The third-order valence-electron chi connectivity index (χ3n) is 13.4. The highest BCUT2D eigenvalue weighted by molar-refractivity contribution is 6.27. The molecule has 0 heterocycles. The molecule has 342 valence electrons. The van der Waals surface area contributed by atoms with Crippen molar-refractivity contribution in [2.24, 2.45) is 0 Å². The normalized spacial score (nSPS) is 11.6. The molecule has 0 bridgehead atoms. The number of rotatable bonds is 29. The van der Waals surface area contributed by atoms with E-state index < -0.39 is 0 Å². The molecular weight excluding hydrogens is 785 g/mol. The van der Waals surface area contributed by atoms with Crippen LogP contribution in [0.2, 0.25) is 0 Å². The molecule has 0 amide bonds. The molecule has 0 atom stereocenters. The Labute approximate surface area is 385 Å². The van der Waals surface area contributed by atoms with Crippen LogP contribution in [0.4, 0.5) is 0 Å². The lowest BCUT2D eigenvalue weighted by Crippen LogP contribution is -2.09. The Kier molecular flexibility index (Phi) is 20.0. The van der Waals surface area contributed by atoms with Gasteiger partial charge in [0.05, 0.1) is 0 Å². The molecule has 6 rings (SSSR count). The van der Waals surface area contributed by atoms with E-state index in [1.165, 1.54) is 101 Å². The van der Waals surface area contributed by atoms with Crippen molar-refractivity contribution in [3.05, 3.63) is 96.1 Å². The average Bonchev–Trinajstić information content (AvgIpc) is 3.31. The monoisotopic (exact) mass is 863 g/mol. The second-order valence-corrected chi connectivity index (χ2v) is 18.6. The van der Waals surface area contributed by atoms with Crippen LogP contribution < -0.4 is 9.47 Å². The van der Waals surface area contributed by atoms with Gasteiger partial charge in [-0.2, -0.15) is 0 Å². The molecule has 0 spiro atoms. The Morgan fingerprint density at radius 1 is 0.344 bits per heavy atom. The number of carbonyl (C=O) groups excluding carboxylic acids is 2. The fourth-order valence-electron chi connectivity index (χ4n) is 9.74. The van der Waals surface area contributed by atoms with Gasteiger partial charge in [-0.1, -0.05) is 228 Å². The summed E-state index contributed by atoms with van der Waals surface area (Å²) in [6.45, 7) is 9.00. The molecular formula is C60H78O4. The van der Waals surface area contributed by atoms with E-state index in [-0.39, 0.29) is 11.9 Å². The van der Waals surface area contributed by atoms with Crippen molar-refractivity contribution in [1.82, 2.24) is 0 Å². The summed E-state index contributed by atoms with van der Waals surface area (Å²) in [5.41, 5.74) is 4.87. The van der Waals surface area contributed by atoms with Crippen molar-refractivity contribution >= 4 is 55.0 Å². The lowest BCUT2D eigenvalue weighted by Gasteiger charge is -2.22. The van der Waals surface area contributed by atoms with Crippen molar-refractivity contribution in [1.29, 1.82) is 0 Å². The molecule has 0 radical (unpaired) electrons. The number of carbonyl (C=O) groups is 2. The number of esters is 2. The average molecular weight is 863 g/mol. The maximum absolute atomic E-state index is 13.8.